The van der Waals surface area contributed by atoms with Crippen molar-refractivity contribution in [3.05, 3.63) is 28.6 Å². The molecule has 0 aliphatic rings. The van der Waals surface area contributed by atoms with Gasteiger partial charge in [0, 0.05) is 15.6 Å². The number of benzene rings is 1. The van der Waals surface area contributed by atoms with E-state index in [4.69, 9.17) is 5.73 Å². The van der Waals surface area contributed by atoms with Crippen LogP contribution in [0.4, 0.5) is 5.69 Å². The Bertz CT molecular complexity index is 641. The topological polar surface area (TPSA) is 55.1 Å². The molecule has 1 heterocycles. The molecule has 1 aromatic carbocycles. The Kier molecular flexibility index (Phi) is 4.04. The number of rotatable bonds is 4. The summed E-state index contributed by atoms with van der Waals surface area (Å²) in [6, 6.07) is 6.11. The predicted octanol–water partition coefficient (Wildman–Crippen LogP) is 4.10. The molecule has 3 nitrogen and oxygen atoms in total. The molecule has 4 heteroatoms. The van der Waals surface area contributed by atoms with Crippen molar-refractivity contribution in [2.45, 2.75) is 46.1 Å². The molecule has 0 fully saturated rings. The Balaban J connectivity index is 2.38. The van der Waals surface area contributed by atoms with E-state index in [0.717, 1.165) is 28.5 Å². The van der Waals surface area contributed by atoms with E-state index in [-0.39, 0.29) is 11.4 Å². The van der Waals surface area contributed by atoms with E-state index in [0.29, 0.717) is 10.6 Å². The van der Waals surface area contributed by atoms with Crippen LogP contribution in [0.5, 0.6) is 0 Å². The molecule has 0 bridgehead atoms. The molecule has 0 aliphatic heterocycles. The third-order valence-corrected chi connectivity index (χ3v) is 5.25. The van der Waals surface area contributed by atoms with Crippen LogP contribution in [-0.2, 0) is 0 Å². The number of amides is 1. The molecule has 0 spiro atoms. The lowest BCUT2D eigenvalue weighted by molar-refractivity contribution is 0.0906. The van der Waals surface area contributed by atoms with Gasteiger partial charge in [-0.3, -0.25) is 4.79 Å². The van der Waals surface area contributed by atoms with Gasteiger partial charge in [-0.1, -0.05) is 25.5 Å². The summed E-state index contributed by atoms with van der Waals surface area (Å²) < 4.78 is 1.06. The fourth-order valence-electron chi connectivity index (χ4n) is 2.16. The molecule has 20 heavy (non-hydrogen) atoms. The quantitative estimate of drug-likeness (QED) is 0.890. The van der Waals surface area contributed by atoms with Crippen LogP contribution in [0.1, 0.15) is 48.8 Å². The monoisotopic (exact) mass is 290 g/mol. The van der Waals surface area contributed by atoms with Gasteiger partial charge >= 0.3 is 0 Å². The molecular formula is C16H22N2OS. The molecular weight excluding hydrogens is 268 g/mol. The second kappa shape index (κ2) is 5.44. The maximum Gasteiger partial charge on any atom is 0.263 e. The van der Waals surface area contributed by atoms with Crippen molar-refractivity contribution in [1.29, 1.82) is 0 Å². The number of nitrogen functional groups attached to an aromatic ring is 1. The minimum atomic E-state index is -0.171. The fourth-order valence-corrected chi connectivity index (χ4v) is 3.16. The Labute approximate surface area is 124 Å². The Morgan fingerprint density at radius 2 is 2.00 bits per heavy atom. The van der Waals surface area contributed by atoms with Gasteiger partial charge < -0.3 is 11.1 Å². The average molecular weight is 290 g/mol. The van der Waals surface area contributed by atoms with Crippen molar-refractivity contribution < 1.29 is 4.79 Å². The number of hydrogen-bond donors (Lipinski definition) is 2. The van der Waals surface area contributed by atoms with E-state index in [1.54, 1.807) is 0 Å². The van der Waals surface area contributed by atoms with Gasteiger partial charge in [-0.25, -0.2) is 0 Å². The number of anilines is 1. The molecule has 2 aromatic rings. The van der Waals surface area contributed by atoms with E-state index in [2.05, 4.69) is 26.1 Å². The van der Waals surface area contributed by atoms with Crippen molar-refractivity contribution in [3.8, 4) is 0 Å². The van der Waals surface area contributed by atoms with Crippen molar-refractivity contribution in [2.75, 3.05) is 5.73 Å². The fraction of sp³-hybridized carbons (Fsp3) is 0.438. The van der Waals surface area contributed by atoms with Crippen LogP contribution in [0.25, 0.3) is 10.1 Å². The molecule has 1 amide bonds. The van der Waals surface area contributed by atoms with Crippen LogP contribution in [0.3, 0.4) is 0 Å². The molecule has 108 valence electrons. The van der Waals surface area contributed by atoms with Gasteiger partial charge in [-0.05, 0) is 38.8 Å². The summed E-state index contributed by atoms with van der Waals surface area (Å²) in [7, 11) is 0. The van der Waals surface area contributed by atoms with Gasteiger partial charge in [0.1, 0.15) is 4.88 Å². The number of carbonyl (C=O) groups is 1. The van der Waals surface area contributed by atoms with E-state index < -0.39 is 0 Å². The van der Waals surface area contributed by atoms with Gasteiger partial charge in [-0.2, -0.15) is 0 Å². The number of aryl methyl sites for hydroxylation is 1. The van der Waals surface area contributed by atoms with Crippen LogP contribution >= 0.6 is 11.3 Å². The van der Waals surface area contributed by atoms with Crippen LogP contribution in [-0.4, -0.2) is 11.4 Å². The van der Waals surface area contributed by atoms with E-state index in [9.17, 15) is 4.79 Å². The molecule has 0 saturated heterocycles. The van der Waals surface area contributed by atoms with Crippen molar-refractivity contribution >= 4 is 33.0 Å². The van der Waals surface area contributed by atoms with E-state index in [1.807, 2.05) is 25.1 Å². The summed E-state index contributed by atoms with van der Waals surface area (Å²) in [6.45, 7) is 8.27. The van der Waals surface area contributed by atoms with Crippen molar-refractivity contribution in [3.63, 3.8) is 0 Å². The third kappa shape index (κ3) is 2.66. The number of carbonyl (C=O) groups excluding carboxylic acids is 1. The van der Waals surface area contributed by atoms with Gasteiger partial charge in [0.2, 0.25) is 0 Å². The second-order valence-corrected chi connectivity index (χ2v) is 6.62. The number of fused-ring (bicyclic) bond motifs is 1. The van der Waals surface area contributed by atoms with Gasteiger partial charge in [0.05, 0.1) is 5.69 Å². The normalized spacial score (nSPS) is 11.8. The lowest BCUT2D eigenvalue weighted by Gasteiger charge is -2.28. The lowest BCUT2D eigenvalue weighted by atomic mass is 9.95. The molecule has 3 N–H and O–H groups in total. The number of nitrogens with two attached hydrogens (primary N) is 1. The first kappa shape index (κ1) is 14.9. The second-order valence-electron chi connectivity index (χ2n) is 5.57. The Morgan fingerprint density at radius 1 is 1.35 bits per heavy atom. The standard InChI is InChI=1S/C16H22N2OS/c1-5-16(4,6-2)18-15(19)14-13(17)11-9-10(3)7-8-12(11)20-14/h7-9H,5-6,17H2,1-4H3,(H,18,19). The highest BCUT2D eigenvalue weighted by Gasteiger charge is 2.25. The summed E-state index contributed by atoms with van der Waals surface area (Å²) >= 11 is 1.47. The van der Waals surface area contributed by atoms with Gasteiger partial charge in [0.15, 0.2) is 0 Å². The van der Waals surface area contributed by atoms with Gasteiger partial charge in [-0.15, -0.1) is 11.3 Å². The first-order valence-electron chi connectivity index (χ1n) is 7.01. The van der Waals surface area contributed by atoms with Crippen LogP contribution in [0, 0.1) is 6.92 Å². The molecule has 0 saturated carbocycles. The highest BCUT2D eigenvalue weighted by Crippen LogP contribution is 2.34. The maximum absolute atomic E-state index is 12.5. The van der Waals surface area contributed by atoms with Crippen LogP contribution in [0.15, 0.2) is 18.2 Å². The zero-order valence-corrected chi connectivity index (χ0v) is 13.4. The molecule has 2 rings (SSSR count). The SMILES string of the molecule is CCC(C)(CC)NC(=O)c1sc2ccc(C)cc2c1N. The minimum Gasteiger partial charge on any atom is -0.397 e. The molecule has 0 radical (unpaired) electrons. The van der Waals surface area contributed by atoms with Crippen LogP contribution in [0.2, 0.25) is 0 Å². The smallest absolute Gasteiger partial charge is 0.263 e. The number of nitrogens with one attached hydrogen (secondary N) is 1. The molecule has 0 atom stereocenters. The highest BCUT2D eigenvalue weighted by atomic mass is 32.1. The molecule has 0 unspecified atom stereocenters. The van der Waals surface area contributed by atoms with Crippen molar-refractivity contribution in [1.82, 2.24) is 5.32 Å². The third-order valence-electron chi connectivity index (χ3n) is 4.06. The zero-order chi connectivity index (χ0) is 14.9. The number of hydrogen-bond acceptors (Lipinski definition) is 3. The first-order chi connectivity index (χ1) is 9.40. The largest absolute Gasteiger partial charge is 0.397 e. The van der Waals surface area contributed by atoms with E-state index in [1.165, 1.54) is 11.3 Å². The Morgan fingerprint density at radius 3 is 2.60 bits per heavy atom. The lowest BCUT2D eigenvalue weighted by Crippen LogP contribution is -2.44. The summed E-state index contributed by atoms with van der Waals surface area (Å²) in [5.74, 6) is -0.0625. The van der Waals surface area contributed by atoms with E-state index >= 15 is 0 Å². The molecule has 1 aromatic heterocycles. The molecule has 0 aliphatic carbocycles. The average Bonchev–Trinajstić information content (AvgIpc) is 2.76. The summed E-state index contributed by atoms with van der Waals surface area (Å²) in [5, 5.41) is 4.10. The summed E-state index contributed by atoms with van der Waals surface area (Å²) in [6.07, 6.45) is 1.80. The Hall–Kier alpha value is -1.55. The number of thiophene rings is 1. The zero-order valence-electron chi connectivity index (χ0n) is 12.5. The summed E-state index contributed by atoms with van der Waals surface area (Å²) in [4.78, 5) is 13.1. The highest BCUT2D eigenvalue weighted by molar-refractivity contribution is 7.21. The van der Waals surface area contributed by atoms with Gasteiger partial charge in [0.25, 0.3) is 5.91 Å². The first-order valence-corrected chi connectivity index (χ1v) is 7.83. The summed E-state index contributed by atoms with van der Waals surface area (Å²) in [5.41, 5.74) is 7.74. The van der Waals surface area contributed by atoms with Crippen molar-refractivity contribution in [2.24, 2.45) is 0 Å². The predicted molar refractivity (Wildman–Crippen MR) is 87.4 cm³/mol. The maximum atomic E-state index is 12.5. The minimum absolute atomic E-state index is 0.0625. The van der Waals surface area contributed by atoms with Crippen LogP contribution < -0.4 is 11.1 Å².